The fourth-order valence-corrected chi connectivity index (χ4v) is 3.05. The summed E-state index contributed by atoms with van der Waals surface area (Å²) >= 11 is 0. The average molecular weight is 472 g/mol. The zero-order chi connectivity index (χ0) is 17.1. The van der Waals surface area contributed by atoms with E-state index < -0.39 is 10.0 Å². The smallest absolute Gasteiger partial charge is 0.211 e. The van der Waals surface area contributed by atoms with Crippen LogP contribution in [0.4, 0.5) is 0 Å². The molecular formula is C14H29IN6O2S. The molecule has 2 N–H and O–H groups in total. The summed E-state index contributed by atoms with van der Waals surface area (Å²) in [7, 11) is -1.39. The van der Waals surface area contributed by atoms with Gasteiger partial charge in [0.1, 0.15) is 0 Å². The second-order valence-electron chi connectivity index (χ2n) is 5.16. The number of sulfonamides is 1. The lowest BCUT2D eigenvalue weighted by atomic mass is 10.4. The van der Waals surface area contributed by atoms with Gasteiger partial charge < -0.3 is 10.6 Å². The maximum Gasteiger partial charge on any atom is 0.211 e. The highest BCUT2D eigenvalue weighted by atomic mass is 127. The molecule has 10 heteroatoms. The number of halogens is 1. The first kappa shape index (κ1) is 23.1. The number of hydrogen-bond acceptors (Lipinski definition) is 4. The number of rotatable bonds is 10. The Morgan fingerprint density at radius 3 is 2.46 bits per heavy atom. The van der Waals surface area contributed by atoms with E-state index in [1.165, 1.54) is 10.6 Å². The molecule has 140 valence electrons. The monoisotopic (exact) mass is 472 g/mol. The standard InChI is InChI=1S/C14H28N6O2S.HI/c1-4-20(23(3,21)22)13-6-9-17-14(15-2)16-8-5-11-19-12-7-10-18-19;/h7,10,12H,4-6,8-9,11,13H2,1-3H3,(H2,15,16,17);1H. The molecular weight excluding hydrogens is 443 g/mol. The fourth-order valence-electron chi connectivity index (χ4n) is 2.12. The topological polar surface area (TPSA) is 91.6 Å². The summed E-state index contributed by atoms with van der Waals surface area (Å²) in [4.78, 5) is 4.15. The molecule has 1 rings (SSSR count). The minimum absolute atomic E-state index is 0. The van der Waals surface area contributed by atoms with Crippen LogP contribution in [0, 0.1) is 0 Å². The first-order chi connectivity index (χ1) is 11.0. The van der Waals surface area contributed by atoms with E-state index in [0.717, 1.165) is 31.9 Å². The van der Waals surface area contributed by atoms with Gasteiger partial charge in [0.15, 0.2) is 5.96 Å². The van der Waals surface area contributed by atoms with Gasteiger partial charge in [-0.25, -0.2) is 12.7 Å². The van der Waals surface area contributed by atoms with Crippen molar-refractivity contribution in [2.45, 2.75) is 26.3 Å². The molecule has 24 heavy (non-hydrogen) atoms. The molecule has 0 unspecified atom stereocenters. The Hall–Kier alpha value is -0.880. The largest absolute Gasteiger partial charge is 0.356 e. The normalized spacial score (nSPS) is 12.1. The quantitative estimate of drug-likeness (QED) is 0.227. The van der Waals surface area contributed by atoms with Crippen LogP contribution in [0.25, 0.3) is 0 Å². The van der Waals surface area contributed by atoms with Gasteiger partial charge in [-0.15, -0.1) is 24.0 Å². The maximum atomic E-state index is 11.5. The van der Waals surface area contributed by atoms with Crippen LogP contribution in [0.1, 0.15) is 19.8 Å². The Kier molecular flexibility index (Phi) is 12.0. The number of hydrogen-bond donors (Lipinski definition) is 2. The second kappa shape index (κ2) is 12.5. The van der Waals surface area contributed by atoms with Crippen molar-refractivity contribution in [3.8, 4) is 0 Å². The lowest BCUT2D eigenvalue weighted by Crippen LogP contribution is -2.39. The molecule has 0 aliphatic carbocycles. The van der Waals surface area contributed by atoms with Crippen LogP contribution in [0.15, 0.2) is 23.5 Å². The minimum Gasteiger partial charge on any atom is -0.356 e. The summed E-state index contributed by atoms with van der Waals surface area (Å²) in [6, 6.07) is 1.91. The number of aliphatic imine (C=N–C) groups is 1. The molecule has 0 amide bonds. The van der Waals surface area contributed by atoms with E-state index in [9.17, 15) is 8.42 Å². The molecule has 8 nitrogen and oxygen atoms in total. The molecule has 0 atom stereocenters. The van der Waals surface area contributed by atoms with Crippen molar-refractivity contribution in [3.63, 3.8) is 0 Å². The van der Waals surface area contributed by atoms with E-state index in [4.69, 9.17) is 0 Å². The van der Waals surface area contributed by atoms with Crippen LogP contribution >= 0.6 is 24.0 Å². The third-order valence-corrected chi connectivity index (χ3v) is 4.72. The zero-order valence-corrected chi connectivity index (χ0v) is 17.8. The first-order valence-electron chi connectivity index (χ1n) is 7.84. The van der Waals surface area contributed by atoms with Crippen molar-refractivity contribution >= 4 is 40.0 Å². The predicted molar refractivity (Wildman–Crippen MR) is 108 cm³/mol. The Bertz CT molecular complexity index is 562. The molecule has 0 aromatic carbocycles. The Morgan fingerprint density at radius 1 is 1.29 bits per heavy atom. The lowest BCUT2D eigenvalue weighted by Gasteiger charge is -2.18. The van der Waals surface area contributed by atoms with Gasteiger partial charge in [-0.1, -0.05) is 6.92 Å². The molecule has 1 aromatic heterocycles. The van der Waals surface area contributed by atoms with Crippen molar-refractivity contribution in [2.75, 3.05) is 39.5 Å². The zero-order valence-electron chi connectivity index (χ0n) is 14.6. The fraction of sp³-hybridized carbons (Fsp3) is 0.714. The molecule has 1 heterocycles. The molecule has 0 aliphatic rings. The summed E-state index contributed by atoms with van der Waals surface area (Å²) in [6.07, 6.45) is 6.62. The van der Waals surface area contributed by atoms with Crippen LogP contribution in [0.5, 0.6) is 0 Å². The van der Waals surface area contributed by atoms with Gasteiger partial charge in [0, 0.05) is 52.2 Å². The van der Waals surface area contributed by atoms with E-state index in [1.807, 2.05) is 23.9 Å². The number of nitrogens with zero attached hydrogens (tertiary/aromatic N) is 4. The number of aromatic nitrogens is 2. The molecule has 0 spiro atoms. The molecule has 0 aliphatic heterocycles. The maximum absolute atomic E-state index is 11.5. The first-order valence-corrected chi connectivity index (χ1v) is 9.69. The Balaban J connectivity index is 0.00000529. The van der Waals surface area contributed by atoms with Gasteiger partial charge in [0.05, 0.1) is 6.26 Å². The molecule has 0 saturated heterocycles. The number of aryl methyl sites for hydroxylation is 1. The van der Waals surface area contributed by atoms with Crippen molar-refractivity contribution in [1.82, 2.24) is 24.7 Å². The van der Waals surface area contributed by atoms with Crippen LogP contribution in [-0.2, 0) is 16.6 Å². The van der Waals surface area contributed by atoms with Gasteiger partial charge in [0.25, 0.3) is 0 Å². The van der Waals surface area contributed by atoms with Crippen molar-refractivity contribution in [1.29, 1.82) is 0 Å². The highest BCUT2D eigenvalue weighted by molar-refractivity contribution is 14.0. The van der Waals surface area contributed by atoms with Crippen molar-refractivity contribution in [2.24, 2.45) is 4.99 Å². The van der Waals surface area contributed by atoms with Crippen molar-refractivity contribution in [3.05, 3.63) is 18.5 Å². The number of guanidine groups is 1. The summed E-state index contributed by atoms with van der Waals surface area (Å²) in [5.41, 5.74) is 0. The van der Waals surface area contributed by atoms with E-state index in [0.29, 0.717) is 19.6 Å². The third kappa shape index (κ3) is 9.42. The van der Waals surface area contributed by atoms with Gasteiger partial charge in [-0.3, -0.25) is 9.67 Å². The van der Waals surface area contributed by atoms with Gasteiger partial charge in [-0.05, 0) is 18.9 Å². The summed E-state index contributed by atoms with van der Waals surface area (Å²) < 4.78 is 26.3. The SMILES string of the molecule is CCN(CCCNC(=NC)NCCCn1cccn1)S(C)(=O)=O.I. The number of nitrogens with one attached hydrogen (secondary N) is 2. The van der Waals surface area contributed by atoms with E-state index >= 15 is 0 Å². The molecule has 0 radical (unpaired) electrons. The minimum atomic E-state index is -3.11. The Morgan fingerprint density at radius 2 is 1.96 bits per heavy atom. The van der Waals surface area contributed by atoms with E-state index in [-0.39, 0.29) is 24.0 Å². The van der Waals surface area contributed by atoms with Gasteiger partial charge >= 0.3 is 0 Å². The summed E-state index contributed by atoms with van der Waals surface area (Å²) in [5, 5.41) is 10.6. The summed E-state index contributed by atoms with van der Waals surface area (Å²) in [6.45, 7) is 5.18. The van der Waals surface area contributed by atoms with E-state index in [2.05, 4.69) is 20.7 Å². The lowest BCUT2D eigenvalue weighted by molar-refractivity contribution is 0.424. The summed E-state index contributed by atoms with van der Waals surface area (Å²) in [5.74, 6) is 0.730. The van der Waals surface area contributed by atoms with Crippen LogP contribution in [-0.4, -0.2) is 67.9 Å². The average Bonchev–Trinajstić information content (AvgIpc) is 3.01. The molecule has 0 bridgehead atoms. The molecule has 0 fully saturated rings. The Labute approximate surface area is 162 Å². The molecule has 0 saturated carbocycles. The predicted octanol–water partition coefficient (Wildman–Crippen LogP) is 0.728. The second-order valence-corrected chi connectivity index (χ2v) is 7.14. The van der Waals surface area contributed by atoms with Gasteiger partial charge in [0.2, 0.25) is 10.0 Å². The highest BCUT2D eigenvalue weighted by Gasteiger charge is 2.13. The van der Waals surface area contributed by atoms with Crippen LogP contribution < -0.4 is 10.6 Å². The van der Waals surface area contributed by atoms with Crippen LogP contribution in [0.2, 0.25) is 0 Å². The van der Waals surface area contributed by atoms with E-state index in [1.54, 1.807) is 13.2 Å². The van der Waals surface area contributed by atoms with Gasteiger partial charge in [-0.2, -0.15) is 5.10 Å². The highest BCUT2D eigenvalue weighted by Crippen LogP contribution is 1.98. The van der Waals surface area contributed by atoms with Crippen LogP contribution in [0.3, 0.4) is 0 Å². The molecule has 1 aromatic rings. The van der Waals surface area contributed by atoms with Crippen molar-refractivity contribution < 1.29 is 8.42 Å². The third-order valence-electron chi connectivity index (χ3n) is 3.34.